The van der Waals surface area contributed by atoms with Gasteiger partial charge in [-0.3, -0.25) is 9.36 Å². The predicted octanol–water partition coefficient (Wildman–Crippen LogP) is 3.95. The summed E-state index contributed by atoms with van der Waals surface area (Å²) >= 11 is 0. The lowest BCUT2D eigenvalue weighted by atomic mass is 10.0. The van der Waals surface area contributed by atoms with Gasteiger partial charge in [0.25, 0.3) is 5.56 Å². The maximum Gasteiger partial charge on any atom is 0.420 e. The van der Waals surface area contributed by atoms with Gasteiger partial charge in [-0.2, -0.15) is 23.5 Å². The Labute approximate surface area is 198 Å². The largest absolute Gasteiger partial charge is 0.451 e. The minimum absolute atomic E-state index is 0.0687. The summed E-state index contributed by atoms with van der Waals surface area (Å²) in [6.07, 6.45) is -4.09. The number of hydrogen-bond donors (Lipinski definition) is 1. The number of alkyl halides is 3. The van der Waals surface area contributed by atoms with Crippen LogP contribution in [0.2, 0.25) is 0 Å². The molecular formula is C23H14F5N5O3. The fraction of sp³-hybridized carbons (Fsp3) is 0.130. The highest BCUT2D eigenvalue weighted by molar-refractivity contribution is 5.67. The highest BCUT2D eigenvalue weighted by Crippen LogP contribution is 2.37. The topological polar surface area (TPSA) is 106 Å². The molecule has 0 bridgehead atoms. The van der Waals surface area contributed by atoms with E-state index >= 15 is 0 Å². The second kappa shape index (κ2) is 9.14. The van der Waals surface area contributed by atoms with E-state index in [0.717, 1.165) is 45.7 Å². The van der Waals surface area contributed by atoms with Crippen LogP contribution in [0.25, 0.3) is 11.1 Å². The van der Waals surface area contributed by atoms with Gasteiger partial charge in [0.1, 0.15) is 29.0 Å². The van der Waals surface area contributed by atoms with E-state index in [4.69, 9.17) is 10.00 Å². The Morgan fingerprint density at radius 2 is 1.83 bits per heavy atom. The average Bonchev–Trinajstić information content (AvgIpc) is 3.13. The minimum Gasteiger partial charge on any atom is -0.451 e. The zero-order valence-corrected chi connectivity index (χ0v) is 18.2. The van der Waals surface area contributed by atoms with Gasteiger partial charge in [-0.25, -0.2) is 18.7 Å². The van der Waals surface area contributed by atoms with E-state index in [1.165, 1.54) is 13.1 Å². The van der Waals surface area contributed by atoms with Crippen LogP contribution < -0.4 is 16.0 Å². The molecule has 1 N–H and O–H groups in total. The summed E-state index contributed by atoms with van der Waals surface area (Å²) in [5.74, 6) is -3.19. The van der Waals surface area contributed by atoms with E-state index in [1.54, 1.807) is 6.07 Å². The molecule has 0 aliphatic carbocycles. The van der Waals surface area contributed by atoms with Crippen molar-refractivity contribution in [2.24, 2.45) is 7.05 Å². The summed E-state index contributed by atoms with van der Waals surface area (Å²) in [4.78, 5) is 24.4. The van der Waals surface area contributed by atoms with Gasteiger partial charge in [-0.05, 0) is 35.9 Å². The number of hydrogen-bond acceptors (Lipinski definition) is 5. The molecule has 13 heteroatoms. The molecular weight excluding hydrogens is 489 g/mol. The van der Waals surface area contributed by atoms with Crippen LogP contribution in [0.15, 0.2) is 58.3 Å². The van der Waals surface area contributed by atoms with Crippen molar-refractivity contribution < 1.29 is 26.7 Å². The number of benzene rings is 2. The molecule has 0 unspecified atom stereocenters. The smallest absolute Gasteiger partial charge is 0.420 e. The highest BCUT2D eigenvalue weighted by Gasteiger charge is 2.36. The summed E-state index contributed by atoms with van der Waals surface area (Å²) in [5, 5.41) is 14.8. The number of pyridine rings is 1. The van der Waals surface area contributed by atoms with Crippen molar-refractivity contribution in [3.8, 4) is 28.7 Å². The normalized spacial score (nSPS) is 11.4. The number of nitriles is 1. The van der Waals surface area contributed by atoms with Crippen LogP contribution in [0.1, 0.15) is 17.0 Å². The monoisotopic (exact) mass is 503 g/mol. The Bertz CT molecular complexity index is 1630. The zero-order chi connectivity index (χ0) is 26.2. The van der Waals surface area contributed by atoms with Crippen molar-refractivity contribution in [1.29, 1.82) is 5.26 Å². The van der Waals surface area contributed by atoms with E-state index in [9.17, 15) is 31.5 Å². The van der Waals surface area contributed by atoms with Gasteiger partial charge in [0, 0.05) is 24.9 Å². The Hall–Kier alpha value is -4.73. The van der Waals surface area contributed by atoms with E-state index in [0.29, 0.717) is 6.07 Å². The van der Waals surface area contributed by atoms with Gasteiger partial charge < -0.3 is 9.30 Å². The van der Waals surface area contributed by atoms with Crippen molar-refractivity contribution in [2.75, 3.05) is 0 Å². The van der Waals surface area contributed by atoms with E-state index in [1.807, 2.05) is 0 Å². The second-order valence-electron chi connectivity index (χ2n) is 7.54. The molecule has 2 heterocycles. The lowest BCUT2D eigenvalue weighted by Gasteiger charge is -2.16. The summed E-state index contributed by atoms with van der Waals surface area (Å²) < 4.78 is 76.3. The third-order valence-electron chi connectivity index (χ3n) is 5.27. The third kappa shape index (κ3) is 4.61. The average molecular weight is 503 g/mol. The van der Waals surface area contributed by atoms with E-state index in [-0.39, 0.29) is 29.1 Å². The SMILES string of the molecule is Cn1c(Cn2ccc(C(F)(F)F)c(Oc3ccc(-c4ccc(F)c(C#N)c4)c(F)c3)c2=O)n[nH]c1=O. The highest BCUT2D eigenvalue weighted by atomic mass is 19.4. The molecule has 2 aromatic heterocycles. The molecule has 0 atom stereocenters. The summed E-state index contributed by atoms with van der Waals surface area (Å²) in [7, 11) is 1.36. The molecule has 0 spiro atoms. The van der Waals surface area contributed by atoms with Crippen molar-refractivity contribution >= 4 is 0 Å². The number of rotatable bonds is 5. The van der Waals surface area contributed by atoms with Crippen LogP contribution in [-0.4, -0.2) is 19.3 Å². The number of nitrogens with zero attached hydrogens (tertiary/aromatic N) is 4. The molecule has 8 nitrogen and oxygen atoms in total. The van der Waals surface area contributed by atoms with Gasteiger partial charge in [-0.1, -0.05) is 6.07 Å². The molecule has 0 amide bonds. The van der Waals surface area contributed by atoms with Crippen molar-refractivity contribution in [1.82, 2.24) is 19.3 Å². The molecule has 36 heavy (non-hydrogen) atoms. The van der Waals surface area contributed by atoms with Crippen LogP contribution in [-0.2, 0) is 19.8 Å². The first kappa shape index (κ1) is 24.4. The summed E-state index contributed by atoms with van der Waals surface area (Å²) in [6, 6.07) is 8.63. The van der Waals surface area contributed by atoms with Crippen LogP contribution in [0.3, 0.4) is 0 Å². The predicted molar refractivity (Wildman–Crippen MR) is 115 cm³/mol. The number of H-pyrrole nitrogens is 1. The lowest BCUT2D eigenvalue weighted by molar-refractivity contribution is -0.138. The number of aromatic amines is 1. The van der Waals surface area contributed by atoms with Crippen LogP contribution in [0.5, 0.6) is 11.5 Å². The van der Waals surface area contributed by atoms with E-state index in [2.05, 4.69) is 10.2 Å². The Balaban J connectivity index is 1.74. The van der Waals surface area contributed by atoms with E-state index < -0.39 is 46.1 Å². The first-order valence-corrected chi connectivity index (χ1v) is 10.1. The Morgan fingerprint density at radius 3 is 2.44 bits per heavy atom. The van der Waals surface area contributed by atoms with Crippen LogP contribution in [0, 0.1) is 23.0 Å². The van der Waals surface area contributed by atoms with Gasteiger partial charge in [0.15, 0.2) is 5.82 Å². The second-order valence-corrected chi connectivity index (χ2v) is 7.54. The molecule has 2 aromatic carbocycles. The molecule has 0 radical (unpaired) electrons. The van der Waals surface area contributed by atoms with Crippen molar-refractivity contribution in [3.63, 3.8) is 0 Å². The molecule has 0 fully saturated rings. The molecule has 0 aliphatic heterocycles. The maximum absolute atomic E-state index is 14.8. The number of halogens is 5. The molecule has 0 saturated heterocycles. The van der Waals surface area contributed by atoms with Gasteiger partial charge in [0.05, 0.1) is 12.1 Å². The molecule has 4 aromatic rings. The third-order valence-corrected chi connectivity index (χ3v) is 5.27. The lowest BCUT2D eigenvalue weighted by Crippen LogP contribution is -2.26. The van der Waals surface area contributed by atoms with Crippen molar-refractivity contribution in [2.45, 2.75) is 12.7 Å². The van der Waals surface area contributed by atoms with Crippen LogP contribution >= 0.6 is 0 Å². The molecule has 4 rings (SSSR count). The number of nitrogens with one attached hydrogen (secondary N) is 1. The molecule has 0 aliphatic rings. The zero-order valence-electron chi connectivity index (χ0n) is 18.2. The fourth-order valence-electron chi connectivity index (χ4n) is 3.36. The van der Waals surface area contributed by atoms with Gasteiger partial charge in [-0.15, -0.1) is 0 Å². The molecule has 0 saturated carbocycles. The van der Waals surface area contributed by atoms with Gasteiger partial charge in [0.2, 0.25) is 5.75 Å². The number of aromatic nitrogens is 4. The maximum atomic E-state index is 14.8. The number of ether oxygens (including phenoxy) is 1. The van der Waals surface area contributed by atoms with Crippen LogP contribution in [0.4, 0.5) is 22.0 Å². The fourth-order valence-corrected chi connectivity index (χ4v) is 3.36. The van der Waals surface area contributed by atoms with Gasteiger partial charge >= 0.3 is 11.9 Å². The Kier molecular flexibility index (Phi) is 6.19. The minimum atomic E-state index is -4.97. The summed E-state index contributed by atoms with van der Waals surface area (Å²) in [5.41, 5.74) is -3.40. The molecule has 184 valence electrons. The quantitative estimate of drug-likeness (QED) is 0.416. The Morgan fingerprint density at radius 1 is 1.08 bits per heavy atom. The first-order chi connectivity index (χ1) is 17.0. The van der Waals surface area contributed by atoms with Crippen molar-refractivity contribution in [3.05, 3.63) is 98.1 Å². The standard InChI is InChI=1S/C23H14F5N5O3/c1-32-19(30-31-22(32)35)11-33-7-6-16(23(26,27)28)20(21(33)34)36-14-3-4-15(18(25)9-14)12-2-5-17(24)13(8-12)10-29/h2-9H,11H2,1H3,(H,31,35). The first-order valence-electron chi connectivity index (χ1n) is 10.1. The summed E-state index contributed by atoms with van der Waals surface area (Å²) in [6.45, 7) is -0.346.